The minimum atomic E-state index is -0.929. The van der Waals surface area contributed by atoms with E-state index in [9.17, 15) is 4.55 Å². The Labute approximate surface area is 141 Å². The molecule has 8 heteroatoms. The van der Waals surface area contributed by atoms with Crippen LogP contribution in [0.5, 0.6) is 0 Å². The minimum absolute atomic E-state index is 0.197. The van der Waals surface area contributed by atoms with E-state index in [1.54, 1.807) is 13.2 Å². The van der Waals surface area contributed by atoms with Crippen LogP contribution in [0, 0.1) is 0 Å². The van der Waals surface area contributed by atoms with Gasteiger partial charge in [0.05, 0.1) is 23.7 Å². The van der Waals surface area contributed by atoms with Gasteiger partial charge in [0.15, 0.2) is 0 Å². The van der Waals surface area contributed by atoms with Crippen LogP contribution in [0.2, 0.25) is 0 Å². The fourth-order valence-electron chi connectivity index (χ4n) is 2.83. The van der Waals surface area contributed by atoms with Gasteiger partial charge in [0.2, 0.25) is 5.04 Å². The molecule has 1 aromatic rings. The maximum absolute atomic E-state index is 11.9. The summed E-state index contributed by atoms with van der Waals surface area (Å²) < 4.78 is 25.9. The Morgan fingerprint density at radius 1 is 1.35 bits per heavy atom. The topological polar surface area (TPSA) is 71.7 Å². The van der Waals surface area contributed by atoms with E-state index < -0.39 is 18.3 Å². The quantitative estimate of drug-likeness (QED) is 0.602. The summed E-state index contributed by atoms with van der Waals surface area (Å²) in [4.78, 5) is 4.15. The van der Waals surface area contributed by atoms with Crippen LogP contribution in [0.1, 0.15) is 46.6 Å². The molecular formula is C15H24BN3O3S. The van der Waals surface area contributed by atoms with Gasteiger partial charge in [-0.3, -0.25) is 4.68 Å². The molecule has 0 spiro atoms. The number of hydrogen-bond acceptors (Lipinski definition) is 5. The molecule has 23 heavy (non-hydrogen) atoms. The second-order valence-electron chi connectivity index (χ2n) is 7.16. The summed E-state index contributed by atoms with van der Waals surface area (Å²) in [5, 5.41) is 5.25. The molecule has 1 aromatic heterocycles. The van der Waals surface area contributed by atoms with Gasteiger partial charge in [0.1, 0.15) is 5.75 Å². The van der Waals surface area contributed by atoms with E-state index in [0.717, 1.165) is 16.9 Å². The van der Waals surface area contributed by atoms with Crippen LogP contribution in [-0.4, -0.2) is 50.5 Å². The van der Waals surface area contributed by atoms with Crippen molar-refractivity contribution in [1.29, 1.82) is 0 Å². The van der Waals surface area contributed by atoms with Crippen molar-refractivity contribution in [2.75, 3.05) is 12.8 Å². The highest BCUT2D eigenvalue weighted by Crippen LogP contribution is 2.36. The third-order valence-corrected chi connectivity index (χ3v) is 6.56. The number of aliphatic imine (C=N–C) groups is 1. The van der Waals surface area contributed by atoms with Gasteiger partial charge >= 0.3 is 7.12 Å². The van der Waals surface area contributed by atoms with E-state index in [2.05, 4.69) is 10.1 Å². The van der Waals surface area contributed by atoms with E-state index in [1.165, 1.54) is 0 Å². The Kier molecular flexibility index (Phi) is 4.37. The molecule has 0 bridgehead atoms. The van der Waals surface area contributed by atoms with E-state index in [-0.39, 0.29) is 17.2 Å². The van der Waals surface area contributed by atoms with Gasteiger partial charge < -0.3 is 13.9 Å². The van der Waals surface area contributed by atoms with Crippen LogP contribution >= 0.6 is 0 Å². The van der Waals surface area contributed by atoms with Gasteiger partial charge in [-0.2, -0.15) is 5.10 Å². The monoisotopic (exact) mass is 337 g/mol. The smallest absolute Gasteiger partial charge is 0.498 e. The molecule has 2 fully saturated rings. The van der Waals surface area contributed by atoms with Crippen molar-refractivity contribution in [3.8, 4) is 0 Å². The zero-order chi connectivity index (χ0) is 16.8. The van der Waals surface area contributed by atoms with Crippen LogP contribution in [0.3, 0.4) is 0 Å². The number of hydrogen-bond donors (Lipinski definition) is 0. The molecule has 2 unspecified atom stereocenters. The fourth-order valence-corrected chi connectivity index (χ4v) is 4.13. The predicted molar refractivity (Wildman–Crippen MR) is 92.6 cm³/mol. The molecule has 0 N–H and O–H groups in total. The second-order valence-corrected chi connectivity index (χ2v) is 8.73. The zero-order valence-electron chi connectivity index (χ0n) is 14.4. The van der Waals surface area contributed by atoms with E-state index in [0.29, 0.717) is 12.2 Å². The van der Waals surface area contributed by atoms with Crippen molar-refractivity contribution < 1.29 is 13.9 Å². The van der Waals surface area contributed by atoms with Crippen LogP contribution < -0.4 is 5.46 Å². The van der Waals surface area contributed by atoms with Crippen LogP contribution in [-0.2, 0) is 20.5 Å². The van der Waals surface area contributed by atoms with E-state index >= 15 is 0 Å². The minimum Gasteiger partial charge on any atom is -0.610 e. The van der Waals surface area contributed by atoms with Crippen molar-refractivity contribution in [2.45, 2.75) is 57.8 Å². The summed E-state index contributed by atoms with van der Waals surface area (Å²) in [6.45, 7) is 8.16. The van der Waals surface area contributed by atoms with Crippen molar-refractivity contribution in [3.05, 3.63) is 12.4 Å². The first kappa shape index (κ1) is 17.0. The highest BCUT2D eigenvalue weighted by Gasteiger charge is 2.52. The van der Waals surface area contributed by atoms with Crippen molar-refractivity contribution in [3.63, 3.8) is 0 Å². The third-order valence-electron chi connectivity index (χ3n) is 5.08. The third kappa shape index (κ3) is 3.09. The molecule has 2 saturated heterocycles. The molecule has 6 nitrogen and oxygen atoms in total. The van der Waals surface area contributed by atoms with Gasteiger partial charge in [-0.05, 0) is 27.7 Å². The van der Waals surface area contributed by atoms with E-state index in [4.69, 9.17) is 9.31 Å². The summed E-state index contributed by atoms with van der Waals surface area (Å²) in [7, 11) is 1.31. The van der Waals surface area contributed by atoms with Crippen LogP contribution in [0.15, 0.2) is 17.4 Å². The average molecular weight is 337 g/mol. The number of nitrogens with zero attached hydrogens (tertiary/aromatic N) is 3. The normalized spacial score (nSPS) is 31.7. The van der Waals surface area contributed by atoms with Gasteiger partial charge in [-0.1, -0.05) is 0 Å². The number of aromatic nitrogens is 2. The Balaban J connectivity index is 1.75. The highest BCUT2D eigenvalue weighted by molar-refractivity contribution is 8.06. The fraction of sp³-hybridized carbons (Fsp3) is 0.733. The molecule has 0 aliphatic carbocycles. The number of rotatable bonds is 2. The van der Waals surface area contributed by atoms with Crippen LogP contribution in [0.25, 0.3) is 0 Å². The van der Waals surface area contributed by atoms with Gasteiger partial charge in [-0.25, -0.2) is 4.99 Å². The van der Waals surface area contributed by atoms with Crippen molar-refractivity contribution in [1.82, 2.24) is 9.78 Å². The summed E-state index contributed by atoms with van der Waals surface area (Å²) in [6, 6.07) is 0.197. The average Bonchev–Trinajstić information content (AvgIpc) is 3.03. The molecule has 0 aromatic carbocycles. The Hall–Kier alpha value is -0.825. The predicted octanol–water partition coefficient (Wildman–Crippen LogP) is 1.29. The second kappa shape index (κ2) is 5.91. The first-order valence-corrected chi connectivity index (χ1v) is 9.29. The first-order chi connectivity index (χ1) is 10.7. The summed E-state index contributed by atoms with van der Waals surface area (Å²) >= 11 is -0.929. The molecule has 2 atom stereocenters. The summed E-state index contributed by atoms with van der Waals surface area (Å²) in [5.74, 6) is 0.642. The molecule has 2 aliphatic rings. The molecular weight excluding hydrogens is 313 g/mol. The lowest BCUT2D eigenvalue weighted by molar-refractivity contribution is 0.00578. The van der Waals surface area contributed by atoms with E-state index in [1.807, 2.05) is 38.6 Å². The lowest BCUT2D eigenvalue weighted by Gasteiger charge is -2.32. The maximum atomic E-state index is 11.9. The molecule has 3 heterocycles. The van der Waals surface area contributed by atoms with Crippen molar-refractivity contribution in [2.24, 2.45) is 4.99 Å². The molecule has 0 amide bonds. The molecule has 3 rings (SSSR count). The first-order valence-electron chi connectivity index (χ1n) is 7.97. The Morgan fingerprint density at radius 3 is 2.61 bits per heavy atom. The lowest BCUT2D eigenvalue weighted by Crippen LogP contribution is -2.41. The molecule has 126 valence electrons. The van der Waals surface area contributed by atoms with Gasteiger partial charge in [0.25, 0.3) is 0 Å². The SMILES string of the molecule is CN=C1CC(n2cc(B3OC(C)(C)C(C)(C)O3)cn2)CC[S+]1[O-]. The molecule has 0 radical (unpaired) electrons. The Bertz CT molecular complexity index is 601. The standard InChI is InChI=1S/C15H24BN3O3S/c1-14(2)15(3,4)22-16(21-14)11-9-18-19(10-11)12-6-7-23(20)13(8-12)17-5/h9-10,12H,6-8H2,1-5H3. The summed E-state index contributed by atoms with van der Waals surface area (Å²) in [6.07, 6.45) is 5.31. The lowest BCUT2D eigenvalue weighted by atomic mass is 9.82. The largest absolute Gasteiger partial charge is 0.610 e. The van der Waals surface area contributed by atoms with Gasteiger partial charge in [-0.15, -0.1) is 0 Å². The van der Waals surface area contributed by atoms with Crippen molar-refractivity contribution >= 4 is 28.8 Å². The highest BCUT2D eigenvalue weighted by atomic mass is 32.2. The zero-order valence-corrected chi connectivity index (χ0v) is 15.2. The molecule has 0 saturated carbocycles. The Morgan fingerprint density at radius 2 is 2.00 bits per heavy atom. The summed E-state index contributed by atoms with van der Waals surface area (Å²) in [5.41, 5.74) is 0.206. The van der Waals surface area contributed by atoms with Gasteiger partial charge in [0, 0.05) is 42.5 Å². The maximum Gasteiger partial charge on any atom is 0.498 e. The van der Waals surface area contributed by atoms with Crippen LogP contribution in [0.4, 0.5) is 0 Å². The molecule has 2 aliphatic heterocycles.